The second-order valence-electron chi connectivity index (χ2n) is 4.50. The Labute approximate surface area is 108 Å². The molecule has 5 heteroatoms. The first kappa shape index (κ1) is 14.8. The van der Waals surface area contributed by atoms with Gasteiger partial charge in [-0.3, -0.25) is 4.79 Å². The van der Waals surface area contributed by atoms with Crippen molar-refractivity contribution >= 4 is 17.7 Å². The van der Waals surface area contributed by atoms with E-state index in [1.54, 1.807) is 0 Å². The van der Waals surface area contributed by atoms with Gasteiger partial charge in [-0.2, -0.15) is 11.8 Å². The van der Waals surface area contributed by atoms with Gasteiger partial charge in [0.25, 0.3) is 0 Å². The van der Waals surface area contributed by atoms with Crippen molar-refractivity contribution in [2.45, 2.75) is 32.4 Å². The number of carbonyl (C=O) groups is 1. The molecule has 0 spiro atoms. The molecule has 1 rings (SSSR count). The fraction of sp³-hybridized carbons (Fsp3) is 0.917. The van der Waals surface area contributed by atoms with Crippen molar-refractivity contribution in [3.63, 3.8) is 0 Å². The van der Waals surface area contributed by atoms with E-state index in [2.05, 4.69) is 23.8 Å². The zero-order valence-corrected chi connectivity index (χ0v) is 11.8. The molecule has 0 bridgehead atoms. The summed E-state index contributed by atoms with van der Waals surface area (Å²) in [6.45, 7) is 6.17. The third-order valence-corrected chi connectivity index (χ3v) is 3.67. The van der Waals surface area contributed by atoms with E-state index in [-0.39, 0.29) is 23.9 Å². The lowest BCUT2D eigenvalue weighted by molar-refractivity contribution is -0.126. The summed E-state index contributed by atoms with van der Waals surface area (Å²) >= 11 is 1.81. The van der Waals surface area contributed by atoms with E-state index in [1.807, 2.05) is 18.7 Å². The van der Waals surface area contributed by atoms with Gasteiger partial charge in [-0.25, -0.2) is 0 Å². The van der Waals surface area contributed by atoms with Crippen LogP contribution in [0.2, 0.25) is 0 Å². The molecule has 3 atom stereocenters. The van der Waals surface area contributed by atoms with Crippen molar-refractivity contribution in [2.24, 2.45) is 5.92 Å². The summed E-state index contributed by atoms with van der Waals surface area (Å²) in [6, 6.07) is 0.422. The monoisotopic (exact) mass is 260 g/mol. The molecule has 0 aliphatic carbocycles. The summed E-state index contributed by atoms with van der Waals surface area (Å²) in [5.41, 5.74) is 0. The fourth-order valence-electron chi connectivity index (χ4n) is 1.99. The number of ether oxygens (including phenoxy) is 1. The van der Waals surface area contributed by atoms with E-state index in [1.165, 1.54) is 0 Å². The summed E-state index contributed by atoms with van der Waals surface area (Å²) < 4.78 is 5.38. The topological polar surface area (TPSA) is 50.4 Å². The number of hydrogen-bond acceptors (Lipinski definition) is 4. The van der Waals surface area contributed by atoms with E-state index in [4.69, 9.17) is 4.74 Å². The van der Waals surface area contributed by atoms with Gasteiger partial charge in [-0.1, -0.05) is 6.92 Å². The molecule has 0 aromatic carbocycles. The lowest BCUT2D eigenvalue weighted by atomic mass is 10.0. The normalized spacial score (nSPS) is 25.8. The highest BCUT2D eigenvalue weighted by Crippen LogP contribution is 2.14. The number of rotatable bonds is 7. The number of hydrogen-bond donors (Lipinski definition) is 2. The molecule has 0 radical (unpaired) electrons. The zero-order valence-electron chi connectivity index (χ0n) is 11.0. The third kappa shape index (κ3) is 4.85. The van der Waals surface area contributed by atoms with E-state index >= 15 is 0 Å². The van der Waals surface area contributed by atoms with Gasteiger partial charge in [0.15, 0.2) is 0 Å². The highest BCUT2D eigenvalue weighted by atomic mass is 32.2. The van der Waals surface area contributed by atoms with Crippen molar-refractivity contribution < 1.29 is 9.53 Å². The number of carbonyl (C=O) groups excluding carboxylic acids is 1. The minimum atomic E-state index is -0.0355. The lowest BCUT2D eigenvalue weighted by Crippen LogP contribution is -2.46. The molecule has 1 heterocycles. The van der Waals surface area contributed by atoms with Crippen LogP contribution in [0.15, 0.2) is 0 Å². The Morgan fingerprint density at radius 2 is 2.29 bits per heavy atom. The highest BCUT2D eigenvalue weighted by molar-refractivity contribution is 7.98. The first-order valence-corrected chi connectivity index (χ1v) is 7.68. The smallest absolute Gasteiger partial charge is 0.227 e. The maximum Gasteiger partial charge on any atom is 0.227 e. The molecule has 1 saturated heterocycles. The summed E-state index contributed by atoms with van der Waals surface area (Å²) in [6.07, 6.45) is 3.10. The van der Waals surface area contributed by atoms with Crippen LogP contribution in [0.3, 0.4) is 0 Å². The van der Waals surface area contributed by atoms with Crippen LogP contribution < -0.4 is 10.6 Å². The number of thioether (sulfide) groups is 1. The van der Waals surface area contributed by atoms with Crippen LogP contribution in [0.4, 0.5) is 0 Å². The first-order valence-electron chi connectivity index (χ1n) is 6.29. The average Bonchev–Trinajstić information content (AvgIpc) is 2.75. The summed E-state index contributed by atoms with van der Waals surface area (Å²) in [7, 11) is 0. The van der Waals surface area contributed by atoms with Gasteiger partial charge in [-0.15, -0.1) is 0 Å². The fourth-order valence-corrected chi connectivity index (χ4v) is 2.58. The van der Waals surface area contributed by atoms with Gasteiger partial charge >= 0.3 is 0 Å². The lowest BCUT2D eigenvalue weighted by Gasteiger charge is -2.20. The predicted molar refractivity (Wildman–Crippen MR) is 72.4 cm³/mol. The van der Waals surface area contributed by atoms with Crippen molar-refractivity contribution in [1.82, 2.24) is 10.6 Å². The largest absolute Gasteiger partial charge is 0.379 e. The van der Waals surface area contributed by atoms with Gasteiger partial charge in [0.05, 0.1) is 19.1 Å². The van der Waals surface area contributed by atoms with E-state index < -0.39 is 0 Å². The number of amides is 1. The van der Waals surface area contributed by atoms with Crippen LogP contribution in [0.5, 0.6) is 0 Å². The SMILES string of the molecule is CCNC1COCC1C(=O)NC(C)CCSC. The van der Waals surface area contributed by atoms with Crippen LogP contribution in [-0.2, 0) is 9.53 Å². The van der Waals surface area contributed by atoms with Crippen molar-refractivity contribution in [2.75, 3.05) is 31.8 Å². The van der Waals surface area contributed by atoms with Gasteiger partial charge in [0.1, 0.15) is 0 Å². The second-order valence-corrected chi connectivity index (χ2v) is 5.48. The highest BCUT2D eigenvalue weighted by Gasteiger charge is 2.33. The minimum Gasteiger partial charge on any atom is -0.379 e. The molecular formula is C12H24N2O2S. The van der Waals surface area contributed by atoms with Crippen molar-refractivity contribution in [3.05, 3.63) is 0 Å². The molecule has 0 aromatic heterocycles. The van der Waals surface area contributed by atoms with Crippen molar-refractivity contribution in [1.29, 1.82) is 0 Å². The quantitative estimate of drug-likeness (QED) is 0.713. The van der Waals surface area contributed by atoms with Crippen LogP contribution in [0, 0.1) is 5.92 Å². The number of nitrogens with one attached hydrogen (secondary N) is 2. The summed E-state index contributed by atoms with van der Waals surface area (Å²) in [5.74, 6) is 1.17. The Bertz CT molecular complexity index is 239. The Balaban J connectivity index is 2.35. The molecule has 100 valence electrons. The van der Waals surface area contributed by atoms with Crippen LogP contribution in [0.1, 0.15) is 20.3 Å². The maximum atomic E-state index is 12.1. The Kier molecular flexibility index (Phi) is 6.92. The van der Waals surface area contributed by atoms with Gasteiger partial charge < -0.3 is 15.4 Å². The third-order valence-electron chi connectivity index (χ3n) is 3.03. The van der Waals surface area contributed by atoms with Crippen LogP contribution >= 0.6 is 11.8 Å². The summed E-state index contributed by atoms with van der Waals surface area (Å²) in [4.78, 5) is 12.1. The molecule has 1 aliphatic heterocycles. The molecule has 4 nitrogen and oxygen atoms in total. The molecule has 3 unspecified atom stereocenters. The Morgan fingerprint density at radius 3 is 2.94 bits per heavy atom. The molecule has 2 N–H and O–H groups in total. The minimum absolute atomic E-state index is 0.0355. The molecule has 1 amide bonds. The predicted octanol–water partition coefficient (Wildman–Crippen LogP) is 0.869. The van der Waals surface area contributed by atoms with Crippen LogP contribution in [-0.4, -0.2) is 49.8 Å². The van der Waals surface area contributed by atoms with E-state index in [9.17, 15) is 4.79 Å². The standard InChI is InChI=1S/C12H24N2O2S/c1-4-13-11-8-16-7-10(11)12(15)14-9(2)5-6-17-3/h9-11,13H,4-8H2,1-3H3,(H,14,15). The molecular weight excluding hydrogens is 236 g/mol. The van der Waals surface area contributed by atoms with E-state index in [0.29, 0.717) is 13.2 Å². The Hall–Kier alpha value is -0.260. The van der Waals surface area contributed by atoms with Gasteiger partial charge in [-0.05, 0) is 31.9 Å². The molecule has 1 aliphatic rings. The summed E-state index contributed by atoms with van der Waals surface area (Å²) in [5, 5.41) is 6.37. The molecule has 1 fully saturated rings. The van der Waals surface area contributed by atoms with E-state index in [0.717, 1.165) is 18.7 Å². The van der Waals surface area contributed by atoms with Gasteiger partial charge in [0, 0.05) is 12.1 Å². The number of likely N-dealkylation sites (N-methyl/N-ethyl adjacent to an activating group) is 1. The first-order chi connectivity index (χ1) is 8.19. The second kappa shape index (κ2) is 7.95. The Morgan fingerprint density at radius 1 is 1.53 bits per heavy atom. The van der Waals surface area contributed by atoms with Gasteiger partial charge in [0.2, 0.25) is 5.91 Å². The molecule has 0 aromatic rings. The average molecular weight is 260 g/mol. The van der Waals surface area contributed by atoms with Crippen molar-refractivity contribution in [3.8, 4) is 0 Å². The zero-order chi connectivity index (χ0) is 12.7. The molecule has 0 saturated carbocycles. The van der Waals surface area contributed by atoms with Crippen LogP contribution in [0.25, 0.3) is 0 Å². The maximum absolute atomic E-state index is 12.1. The molecule has 17 heavy (non-hydrogen) atoms.